The Bertz CT molecular complexity index is 427. The second kappa shape index (κ2) is 6.71. The highest BCUT2D eigenvalue weighted by Crippen LogP contribution is 2.33. The van der Waals surface area contributed by atoms with Gasteiger partial charge in [-0.2, -0.15) is 0 Å². The van der Waals surface area contributed by atoms with Crippen LogP contribution < -0.4 is 0 Å². The summed E-state index contributed by atoms with van der Waals surface area (Å²) in [6.07, 6.45) is 0. The SMILES string of the molecule is COC(=O)C(C(C)C)C(c1cccc(C)c1)N(C)C. The van der Waals surface area contributed by atoms with Gasteiger partial charge in [0.25, 0.3) is 0 Å². The monoisotopic (exact) mass is 263 g/mol. The minimum absolute atomic E-state index is 0.0346. The molecule has 0 fully saturated rings. The van der Waals surface area contributed by atoms with Crippen LogP contribution in [0.3, 0.4) is 0 Å². The van der Waals surface area contributed by atoms with Crippen LogP contribution in [0.25, 0.3) is 0 Å². The second-order valence-electron chi connectivity index (χ2n) is 5.62. The largest absolute Gasteiger partial charge is 0.469 e. The van der Waals surface area contributed by atoms with Crippen molar-refractivity contribution in [3.63, 3.8) is 0 Å². The first-order valence-corrected chi connectivity index (χ1v) is 6.69. The molecule has 0 aliphatic rings. The van der Waals surface area contributed by atoms with E-state index in [1.165, 1.54) is 12.7 Å². The maximum absolute atomic E-state index is 12.1. The fourth-order valence-electron chi connectivity index (χ4n) is 2.58. The van der Waals surface area contributed by atoms with Gasteiger partial charge in [-0.05, 0) is 32.5 Å². The lowest BCUT2D eigenvalue weighted by Gasteiger charge is -2.33. The molecule has 0 spiro atoms. The molecular weight excluding hydrogens is 238 g/mol. The molecule has 1 rings (SSSR count). The Labute approximate surface area is 116 Å². The van der Waals surface area contributed by atoms with Crippen molar-refractivity contribution >= 4 is 5.97 Å². The van der Waals surface area contributed by atoms with Gasteiger partial charge in [-0.15, -0.1) is 0 Å². The van der Waals surface area contributed by atoms with E-state index in [1.54, 1.807) is 0 Å². The normalized spacial score (nSPS) is 14.5. The number of rotatable bonds is 5. The Morgan fingerprint density at radius 2 is 1.89 bits per heavy atom. The third-order valence-electron chi connectivity index (χ3n) is 3.47. The number of benzene rings is 1. The fourth-order valence-corrected chi connectivity index (χ4v) is 2.58. The minimum Gasteiger partial charge on any atom is -0.469 e. The molecule has 1 aromatic rings. The zero-order valence-electron chi connectivity index (χ0n) is 12.8. The van der Waals surface area contributed by atoms with Crippen molar-refractivity contribution < 1.29 is 9.53 Å². The van der Waals surface area contributed by atoms with Crippen molar-refractivity contribution in [2.24, 2.45) is 11.8 Å². The summed E-state index contributed by atoms with van der Waals surface area (Å²) in [5, 5.41) is 0. The maximum atomic E-state index is 12.1. The van der Waals surface area contributed by atoms with E-state index in [2.05, 4.69) is 43.9 Å². The average Bonchev–Trinajstić information content (AvgIpc) is 2.33. The summed E-state index contributed by atoms with van der Waals surface area (Å²) in [5.41, 5.74) is 2.37. The Morgan fingerprint density at radius 3 is 2.32 bits per heavy atom. The highest BCUT2D eigenvalue weighted by molar-refractivity contribution is 5.73. The number of esters is 1. The topological polar surface area (TPSA) is 29.5 Å². The number of methoxy groups -OCH3 is 1. The molecule has 2 unspecified atom stereocenters. The Balaban J connectivity index is 3.21. The number of carbonyl (C=O) groups is 1. The molecule has 0 radical (unpaired) electrons. The summed E-state index contributed by atoms with van der Waals surface area (Å²) >= 11 is 0. The van der Waals surface area contributed by atoms with Gasteiger partial charge in [0.1, 0.15) is 0 Å². The van der Waals surface area contributed by atoms with E-state index >= 15 is 0 Å². The lowest BCUT2D eigenvalue weighted by atomic mass is 9.83. The second-order valence-corrected chi connectivity index (χ2v) is 5.62. The van der Waals surface area contributed by atoms with Crippen LogP contribution >= 0.6 is 0 Å². The zero-order chi connectivity index (χ0) is 14.6. The lowest BCUT2D eigenvalue weighted by molar-refractivity contribution is -0.149. The van der Waals surface area contributed by atoms with Gasteiger partial charge in [0.05, 0.1) is 13.0 Å². The molecule has 0 aliphatic carbocycles. The standard InChI is InChI=1S/C16H25NO2/c1-11(2)14(16(18)19-6)15(17(4)5)13-9-7-8-12(3)10-13/h7-11,14-15H,1-6H3. The molecule has 0 aliphatic heterocycles. The Hall–Kier alpha value is -1.35. The molecule has 1 aromatic carbocycles. The van der Waals surface area contributed by atoms with E-state index in [4.69, 9.17) is 4.74 Å². The first-order valence-electron chi connectivity index (χ1n) is 6.69. The minimum atomic E-state index is -0.165. The predicted octanol–water partition coefficient (Wildman–Crippen LogP) is 3.04. The predicted molar refractivity (Wildman–Crippen MR) is 78.0 cm³/mol. The maximum Gasteiger partial charge on any atom is 0.310 e. The summed E-state index contributed by atoms with van der Waals surface area (Å²) in [4.78, 5) is 14.2. The van der Waals surface area contributed by atoms with Crippen LogP contribution in [0.1, 0.15) is 31.0 Å². The van der Waals surface area contributed by atoms with Gasteiger partial charge in [-0.1, -0.05) is 43.7 Å². The van der Waals surface area contributed by atoms with Crippen molar-refractivity contribution in [3.05, 3.63) is 35.4 Å². The van der Waals surface area contributed by atoms with Crippen molar-refractivity contribution in [2.75, 3.05) is 21.2 Å². The van der Waals surface area contributed by atoms with Crippen molar-refractivity contribution in [1.29, 1.82) is 0 Å². The number of hydrogen-bond donors (Lipinski definition) is 0. The van der Waals surface area contributed by atoms with Crippen LogP contribution in [0.4, 0.5) is 0 Å². The number of hydrogen-bond acceptors (Lipinski definition) is 3. The van der Waals surface area contributed by atoms with E-state index in [0.29, 0.717) is 0 Å². The van der Waals surface area contributed by atoms with Gasteiger partial charge < -0.3 is 9.64 Å². The average molecular weight is 263 g/mol. The zero-order valence-corrected chi connectivity index (χ0v) is 12.8. The van der Waals surface area contributed by atoms with Crippen LogP contribution in [0.5, 0.6) is 0 Å². The van der Waals surface area contributed by atoms with Gasteiger partial charge >= 0.3 is 5.97 Å². The third-order valence-corrected chi connectivity index (χ3v) is 3.47. The summed E-state index contributed by atoms with van der Waals surface area (Å²) in [6, 6.07) is 8.36. The van der Waals surface area contributed by atoms with Gasteiger partial charge in [0.2, 0.25) is 0 Å². The third kappa shape index (κ3) is 3.80. The number of carbonyl (C=O) groups excluding carboxylic acids is 1. The summed E-state index contributed by atoms with van der Waals surface area (Å²) in [5.74, 6) is -0.0858. The van der Waals surface area contributed by atoms with Gasteiger partial charge in [0, 0.05) is 6.04 Å². The highest BCUT2D eigenvalue weighted by Gasteiger charge is 2.34. The summed E-state index contributed by atoms with van der Waals surface area (Å²) in [7, 11) is 5.47. The summed E-state index contributed by atoms with van der Waals surface area (Å²) < 4.78 is 4.99. The number of nitrogens with zero attached hydrogens (tertiary/aromatic N) is 1. The Morgan fingerprint density at radius 1 is 1.26 bits per heavy atom. The first kappa shape index (κ1) is 15.7. The molecule has 0 heterocycles. The molecule has 2 atom stereocenters. The molecule has 0 bridgehead atoms. The molecule has 19 heavy (non-hydrogen) atoms. The lowest BCUT2D eigenvalue weighted by Crippen LogP contribution is -2.36. The highest BCUT2D eigenvalue weighted by atomic mass is 16.5. The van der Waals surface area contributed by atoms with Crippen LogP contribution in [0.15, 0.2) is 24.3 Å². The van der Waals surface area contributed by atoms with Gasteiger partial charge in [-0.25, -0.2) is 0 Å². The van der Waals surface area contributed by atoms with Crippen molar-refractivity contribution in [2.45, 2.75) is 26.8 Å². The van der Waals surface area contributed by atoms with E-state index in [-0.39, 0.29) is 23.8 Å². The molecule has 3 nitrogen and oxygen atoms in total. The van der Waals surface area contributed by atoms with Crippen LogP contribution in [0, 0.1) is 18.8 Å². The van der Waals surface area contributed by atoms with E-state index < -0.39 is 0 Å². The fraction of sp³-hybridized carbons (Fsp3) is 0.562. The van der Waals surface area contributed by atoms with Crippen LogP contribution in [0.2, 0.25) is 0 Å². The molecule has 0 saturated carbocycles. The molecule has 3 heteroatoms. The smallest absolute Gasteiger partial charge is 0.310 e. The number of ether oxygens (including phenoxy) is 1. The van der Waals surface area contributed by atoms with E-state index in [1.807, 2.05) is 20.2 Å². The van der Waals surface area contributed by atoms with Gasteiger partial charge in [0.15, 0.2) is 0 Å². The quantitative estimate of drug-likeness (QED) is 0.765. The molecular formula is C16H25NO2. The van der Waals surface area contributed by atoms with Crippen LogP contribution in [-0.4, -0.2) is 32.1 Å². The molecule has 0 amide bonds. The van der Waals surface area contributed by atoms with E-state index in [0.717, 1.165) is 5.56 Å². The molecule has 0 saturated heterocycles. The van der Waals surface area contributed by atoms with Crippen molar-refractivity contribution in [1.82, 2.24) is 4.90 Å². The molecule has 0 N–H and O–H groups in total. The van der Waals surface area contributed by atoms with Crippen LogP contribution in [-0.2, 0) is 9.53 Å². The molecule has 106 valence electrons. The Kier molecular flexibility index (Phi) is 5.55. The number of aryl methyl sites for hydroxylation is 1. The van der Waals surface area contributed by atoms with E-state index in [9.17, 15) is 4.79 Å². The van der Waals surface area contributed by atoms with Crippen molar-refractivity contribution in [3.8, 4) is 0 Å². The van der Waals surface area contributed by atoms with Gasteiger partial charge in [-0.3, -0.25) is 4.79 Å². The summed E-state index contributed by atoms with van der Waals surface area (Å²) in [6.45, 7) is 6.19. The molecule has 0 aromatic heterocycles. The first-order chi connectivity index (χ1) is 8.88.